The lowest BCUT2D eigenvalue weighted by atomic mass is 9.75. The van der Waals surface area contributed by atoms with Gasteiger partial charge >= 0.3 is 0 Å². The molecule has 0 radical (unpaired) electrons. The van der Waals surface area contributed by atoms with Crippen molar-refractivity contribution in [2.45, 2.75) is 80.1 Å². The molecule has 0 aliphatic heterocycles. The van der Waals surface area contributed by atoms with Crippen molar-refractivity contribution < 1.29 is 4.42 Å². The van der Waals surface area contributed by atoms with Crippen LogP contribution in [0, 0.1) is 16.2 Å². The lowest BCUT2D eigenvalue weighted by molar-refractivity contribution is 0.410. The third kappa shape index (κ3) is 4.22. The molecule has 182 valence electrons. The first-order valence-electron chi connectivity index (χ1n) is 12.9. The van der Waals surface area contributed by atoms with Crippen molar-refractivity contribution in [2.24, 2.45) is 10.8 Å². The van der Waals surface area contributed by atoms with Gasteiger partial charge in [0.1, 0.15) is 11.2 Å². The van der Waals surface area contributed by atoms with Gasteiger partial charge in [-0.05, 0) is 69.0 Å². The fourth-order valence-corrected chi connectivity index (χ4v) is 5.95. The molecule has 4 aromatic rings. The number of hydrogen-bond donors (Lipinski definition) is 1. The van der Waals surface area contributed by atoms with Gasteiger partial charge in [-0.25, -0.2) is 0 Å². The van der Waals surface area contributed by atoms with Gasteiger partial charge in [-0.2, -0.15) is 0 Å². The number of hydrogen-bond acceptors (Lipinski definition) is 2. The predicted molar refractivity (Wildman–Crippen MR) is 150 cm³/mol. The second-order valence-electron chi connectivity index (χ2n) is 13.6. The van der Waals surface area contributed by atoms with Crippen LogP contribution in [0.2, 0.25) is 0 Å². The molecule has 0 unspecified atom stereocenters. The van der Waals surface area contributed by atoms with Crippen molar-refractivity contribution >= 4 is 38.8 Å². The second-order valence-corrected chi connectivity index (χ2v) is 13.6. The van der Waals surface area contributed by atoms with Crippen LogP contribution in [0.15, 0.2) is 46.9 Å². The molecule has 1 aliphatic carbocycles. The molecule has 2 nitrogen and oxygen atoms in total. The predicted octanol–water partition coefficient (Wildman–Crippen LogP) is 9.09. The van der Waals surface area contributed by atoms with Crippen LogP contribution >= 0.6 is 0 Å². The van der Waals surface area contributed by atoms with Crippen LogP contribution in [-0.4, -0.2) is 0 Å². The SMILES string of the molecule is CC(C)(C)Cc1cc2c3c(=N)c4c(c5ccccc5c(CC(C)(C)C)c4oc3c1)C(C)(C)CC=C2. The average Bonchev–Trinajstić information content (AvgIpc) is 2.74. The summed E-state index contributed by atoms with van der Waals surface area (Å²) in [5, 5.41) is 14.6. The van der Waals surface area contributed by atoms with E-state index in [9.17, 15) is 5.41 Å². The molecule has 1 heterocycles. The van der Waals surface area contributed by atoms with Crippen molar-refractivity contribution in [2.75, 3.05) is 0 Å². The van der Waals surface area contributed by atoms with Crippen molar-refractivity contribution in [3.8, 4) is 0 Å². The topological polar surface area (TPSA) is 37.0 Å². The minimum Gasteiger partial charge on any atom is -0.456 e. The molecule has 0 saturated carbocycles. The van der Waals surface area contributed by atoms with E-state index in [-0.39, 0.29) is 16.2 Å². The van der Waals surface area contributed by atoms with E-state index in [0.717, 1.165) is 46.8 Å². The largest absolute Gasteiger partial charge is 0.456 e. The van der Waals surface area contributed by atoms with Crippen LogP contribution in [0.5, 0.6) is 0 Å². The highest BCUT2D eigenvalue weighted by atomic mass is 16.3. The quantitative estimate of drug-likeness (QED) is 0.294. The Morgan fingerprint density at radius 3 is 2.20 bits per heavy atom. The van der Waals surface area contributed by atoms with Gasteiger partial charge in [-0.3, -0.25) is 5.41 Å². The van der Waals surface area contributed by atoms with Gasteiger partial charge < -0.3 is 4.42 Å². The van der Waals surface area contributed by atoms with E-state index in [2.05, 4.69) is 104 Å². The molecule has 1 N–H and O–H groups in total. The summed E-state index contributed by atoms with van der Waals surface area (Å²) in [6.07, 6.45) is 7.29. The maximum atomic E-state index is 9.58. The number of allylic oxidation sites excluding steroid dienone is 1. The van der Waals surface area contributed by atoms with Crippen LogP contribution in [0.3, 0.4) is 0 Å². The number of nitrogens with one attached hydrogen (secondary N) is 1. The summed E-state index contributed by atoms with van der Waals surface area (Å²) in [5.41, 5.74) is 6.71. The van der Waals surface area contributed by atoms with Crippen LogP contribution in [0.4, 0.5) is 0 Å². The molecule has 0 atom stereocenters. The molecule has 1 aromatic heterocycles. The molecular weight excluding hydrogens is 426 g/mol. The standard InChI is InChI=1S/C33H39NO/c1-31(2,3)18-20-16-21-12-11-15-33(7,8)28-23-14-10-9-13-22(23)24(19-32(4,5)6)30-27(28)29(34)26(21)25(17-20)35-30/h9-14,16-17,34H,15,18-19H2,1-8H3. The highest BCUT2D eigenvalue weighted by molar-refractivity contribution is 6.07. The van der Waals surface area contributed by atoms with Gasteiger partial charge in [0, 0.05) is 10.9 Å². The molecule has 0 fully saturated rings. The van der Waals surface area contributed by atoms with E-state index in [1.54, 1.807) is 0 Å². The van der Waals surface area contributed by atoms with Gasteiger partial charge in [-0.15, -0.1) is 0 Å². The summed E-state index contributed by atoms with van der Waals surface area (Å²) < 4.78 is 6.92. The summed E-state index contributed by atoms with van der Waals surface area (Å²) >= 11 is 0. The maximum absolute atomic E-state index is 9.58. The van der Waals surface area contributed by atoms with Crippen molar-refractivity contribution in [3.63, 3.8) is 0 Å². The Morgan fingerprint density at radius 2 is 1.54 bits per heavy atom. The smallest absolute Gasteiger partial charge is 0.141 e. The van der Waals surface area contributed by atoms with Gasteiger partial charge in [0.15, 0.2) is 0 Å². The third-order valence-corrected chi connectivity index (χ3v) is 7.22. The van der Waals surface area contributed by atoms with Crippen LogP contribution in [0.1, 0.15) is 84.1 Å². The molecule has 5 rings (SSSR count). The van der Waals surface area contributed by atoms with E-state index in [1.165, 1.54) is 27.5 Å². The molecule has 0 amide bonds. The minimum absolute atomic E-state index is 0.0914. The normalized spacial score (nSPS) is 15.8. The van der Waals surface area contributed by atoms with Crippen LogP contribution in [0.25, 0.3) is 38.8 Å². The van der Waals surface area contributed by atoms with Crippen molar-refractivity contribution in [3.05, 3.63) is 70.1 Å². The van der Waals surface area contributed by atoms with Crippen molar-refractivity contribution in [1.82, 2.24) is 0 Å². The van der Waals surface area contributed by atoms with Gasteiger partial charge in [-0.1, -0.05) is 97.9 Å². The summed E-state index contributed by atoms with van der Waals surface area (Å²) in [7, 11) is 0. The Kier molecular flexibility index (Phi) is 5.33. The summed E-state index contributed by atoms with van der Waals surface area (Å²) in [5.74, 6) is 0. The Hall–Kier alpha value is -2.87. The van der Waals surface area contributed by atoms with E-state index in [1.807, 2.05) is 0 Å². The van der Waals surface area contributed by atoms with E-state index >= 15 is 0 Å². The van der Waals surface area contributed by atoms with Crippen LogP contribution < -0.4 is 5.36 Å². The fraction of sp³-hybridized carbons (Fsp3) is 0.424. The first-order chi connectivity index (χ1) is 16.3. The highest BCUT2D eigenvalue weighted by Gasteiger charge is 2.31. The van der Waals surface area contributed by atoms with E-state index < -0.39 is 0 Å². The van der Waals surface area contributed by atoms with Gasteiger partial charge in [0.2, 0.25) is 0 Å². The van der Waals surface area contributed by atoms with Crippen molar-refractivity contribution in [1.29, 1.82) is 5.41 Å². The molecular formula is C33H39NO. The Morgan fingerprint density at radius 1 is 0.886 bits per heavy atom. The number of fused-ring (bicyclic) bond motifs is 2. The maximum Gasteiger partial charge on any atom is 0.141 e. The summed E-state index contributed by atoms with van der Waals surface area (Å²) in [4.78, 5) is 0. The highest BCUT2D eigenvalue weighted by Crippen LogP contribution is 2.44. The van der Waals surface area contributed by atoms with Crippen LogP contribution in [-0.2, 0) is 18.3 Å². The average molecular weight is 466 g/mol. The molecule has 0 spiro atoms. The second kappa shape index (κ2) is 7.82. The summed E-state index contributed by atoms with van der Waals surface area (Å²) in [6, 6.07) is 13.2. The molecule has 3 aromatic carbocycles. The molecule has 2 heteroatoms. The molecule has 0 saturated heterocycles. The molecule has 35 heavy (non-hydrogen) atoms. The van der Waals surface area contributed by atoms with E-state index in [4.69, 9.17) is 4.42 Å². The Labute approximate surface area is 209 Å². The zero-order chi connectivity index (χ0) is 25.3. The first-order valence-corrected chi connectivity index (χ1v) is 12.9. The fourth-order valence-electron chi connectivity index (χ4n) is 5.95. The van der Waals surface area contributed by atoms with E-state index in [0.29, 0.717) is 5.36 Å². The zero-order valence-electron chi connectivity index (χ0n) is 22.6. The lowest BCUT2D eigenvalue weighted by Gasteiger charge is -2.29. The number of rotatable bonds is 2. The minimum atomic E-state index is -0.135. The van der Waals surface area contributed by atoms with Gasteiger partial charge in [0.25, 0.3) is 0 Å². The first kappa shape index (κ1) is 23.9. The monoisotopic (exact) mass is 465 g/mol. The number of benzene rings is 3. The Bertz CT molecular complexity index is 1570. The molecule has 1 aliphatic rings. The lowest BCUT2D eigenvalue weighted by Crippen LogP contribution is -2.21. The zero-order valence-corrected chi connectivity index (χ0v) is 22.6. The summed E-state index contributed by atoms with van der Waals surface area (Å²) in [6.45, 7) is 18.3. The third-order valence-electron chi connectivity index (χ3n) is 7.22. The Balaban J connectivity index is 2.04. The molecule has 2 bridgehead atoms. The van der Waals surface area contributed by atoms with Gasteiger partial charge in [0.05, 0.1) is 10.7 Å².